The minimum Gasteiger partial charge on any atom is -0.358 e. The molecule has 2 heterocycles. The molecule has 1 N–H and O–H groups in total. The smallest absolute Gasteiger partial charge is 0.0484 e. The normalized spacial score (nSPS) is 17.1. The average Bonchev–Trinajstić information content (AvgIpc) is 3.03. The first-order valence-electron chi connectivity index (χ1n) is 10.6. The minimum atomic E-state index is 0.244. The average molecular weight is 341 g/mol. The van der Waals surface area contributed by atoms with E-state index in [1.807, 2.05) is 0 Å². The number of hydrogen-bond donors (Lipinski definition) is 1. The molecule has 2 nitrogen and oxygen atoms in total. The fraction of sp³-hybridized carbons (Fsp3) is 0.652. The van der Waals surface area contributed by atoms with Crippen LogP contribution < -0.4 is 0 Å². The number of H-pyrrole nitrogens is 1. The third-order valence-electron chi connectivity index (χ3n) is 6.16. The molecule has 138 valence electrons. The molecule has 0 aliphatic carbocycles. The predicted octanol–water partition coefficient (Wildman–Crippen LogP) is 6.40. The molecule has 0 atom stereocenters. The molecule has 0 spiro atoms. The van der Waals surface area contributed by atoms with Gasteiger partial charge in [0.1, 0.15) is 0 Å². The molecule has 0 unspecified atom stereocenters. The van der Waals surface area contributed by atoms with E-state index >= 15 is 0 Å². The molecule has 2 aromatic rings. The lowest BCUT2D eigenvalue weighted by Gasteiger charge is -2.48. The van der Waals surface area contributed by atoms with Crippen molar-refractivity contribution in [2.24, 2.45) is 0 Å². The zero-order chi connectivity index (χ0) is 17.7. The van der Waals surface area contributed by atoms with Crippen LogP contribution in [0.25, 0.3) is 10.9 Å². The van der Waals surface area contributed by atoms with Crippen LogP contribution in [0, 0.1) is 0 Å². The van der Waals surface area contributed by atoms with Gasteiger partial charge < -0.3 is 4.98 Å². The lowest BCUT2D eigenvalue weighted by atomic mass is 9.75. The number of benzene rings is 1. The lowest BCUT2D eigenvalue weighted by molar-refractivity contribution is 0.0505. The number of rotatable bonds is 9. The van der Waals surface area contributed by atoms with Crippen LogP contribution in [-0.2, 0) is 12.0 Å². The van der Waals surface area contributed by atoms with E-state index in [1.165, 1.54) is 87.5 Å². The van der Waals surface area contributed by atoms with E-state index in [1.54, 1.807) is 5.56 Å². The molecule has 3 rings (SSSR count). The van der Waals surface area contributed by atoms with Crippen molar-refractivity contribution in [2.75, 3.05) is 13.1 Å². The number of para-hydroxylation sites is 1. The van der Waals surface area contributed by atoms with Crippen LogP contribution in [0.5, 0.6) is 0 Å². The second-order valence-corrected chi connectivity index (χ2v) is 7.85. The first kappa shape index (κ1) is 18.5. The van der Waals surface area contributed by atoms with E-state index in [0.717, 1.165) is 0 Å². The summed E-state index contributed by atoms with van der Waals surface area (Å²) >= 11 is 0. The third kappa shape index (κ3) is 3.51. The maximum atomic E-state index is 3.77. The van der Waals surface area contributed by atoms with Crippen molar-refractivity contribution in [3.05, 3.63) is 35.5 Å². The van der Waals surface area contributed by atoms with Gasteiger partial charge in [-0.25, -0.2) is 0 Å². The largest absolute Gasteiger partial charge is 0.358 e. The summed E-state index contributed by atoms with van der Waals surface area (Å²) in [5.41, 5.74) is 4.74. The van der Waals surface area contributed by atoms with Crippen molar-refractivity contribution in [3.8, 4) is 0 Å². The van der Waals surface area contributed by atoms with Gasteiger partial charge in [0.25, 0.3) is 0 Å². The number of nitrogens with zero attached hydrogens (tertiary/aromatic N) is 1. The summed E-state index contributed by atoms with van der Waals surface area (Å²) in [5, 5.41) is 1.48. The fourth-order valence-electron chi connectivity index (χ4n) is 4.84. The van der Waals surface area contributed by atoms with Gasteiger partial charge in [-0.3, -0.25) is 4.90 Å². The molecule has 0 saturated heterocycles. The molecule has 0 radical (unpaired) electrons. The second-order valence-electron chi connectivity index (χ2n) is 7.85. The van der Waals surface area contributed by atoms with Gasteiger partial charge in [0.2, 0.25) is 0 Å². The van der Waals surface area contributed by atoms with Gasteiger partial charge in [0.05, 0.1) is 0 Å². The first-order chi connectivity index (χ1) is 12.3. The number of nitrogens with one attached hydrogen (secondary N) is 1. The molecule has 0 amide bonds. The summed E-state index contributed by atoms with van der Waals surface area (Å²) in [4.78, 5) is 6.64. The Morgan fingerprint density at radius 1 is 0.960 bits per heavy atom. The van der Waals surface area contributed by atoms with Crippen LogP contribution in [0.15, 0.2) is 24.3 Å². The van der Waals surface area contributed by atoms with Gasteiger partial charge in [-0.1, -0.05) is 71.1 Å². The summed E-state index contributed by atoms with van der Waals surface area (Å²) in [7, 11) is 0. The molecule has 2 heteroatoms. The van der Waals surface area contributed by atoms with Crippen molar-refractivity contribution in [1.29, 1.82) is 0 Å². The first-order valence-corrected chi connectivity index (χ1v) is 10.6. The van der Waals surface area contributed by atoms with Crippen molar-refractivity contribution in [3.63, 3.8) is 0 Å². The zero-order valence-corrected chi connectivity index (χ0v) is 16.5. The minimum absolute atomic E-state index is 0.244. The molecule has 0 bridgehead atoms. The summed E-state index contributed by atoms with van der Waals surface area (Å²) < 4.78 is 0. The SMILES string of the molecule is CCCCN1CCc2[nH]c3ccccc3c2C1(CCCC)CCCC. The Balaban J connectivity index is 2.11. The van der Waals surface area contributed by atoms with E-state index in [-0.39, 0.29) is 5.54 Å². The number of unbranched alkanes of at least 4 members (excludes halogenated alkanes) is 3. The lowest BCUT2D eigenvalue weighted by Crippen LogP contribution is -2.51. The van der Waals surface area contributed by atoms with Crippen LogP contribution in [0.1, 0.15) is 83.4 Å². The standard InChI is InChI=1S/C23H36N2/c1-4-7-15-23(16-8-5-2)22-19-12-10-11-13-20(19)24-21(22)14-18-25(23)17-9-6-3/h10-13,24H,4-9,14-18H2,1-3H3. The highest BCUT2D eigenvalue weighted by Gasteiger charge is 2.43. The van der Waals surface area contributed by atoms with Gasteiger partial charge >= 0.3 is 0 Å². The Labute approximate surface area is 154 Å². The second kappa shape index (κ2) is 8.40. The Hall–Kier alpha value is -1.28. The van der Waals surface area contributed by atoms with E-state index in [0.29, 0.717) is 0 Å². The predicted molar refractivity (Wildman–Crippen MR) is 109 cm³/mol. The van der Waals surface area contributed by atoms with Crippen LogP contribution in [0.3, 0.4) is 0 Å². The van der Waals surface area contributed by atoms with E-state index in [2.05, 4.69) is 54.9 Å². The number of hydrogen-bond acceptors (Lipinski definition) is 1. The van der Waals surface area contributed by atoms with Gasteiger partial charge in [-0.2, -0.15) is 0 Å². The van der Waals surface area contributed by atoms with Crippen LogP contribution >= 0.6 is 0 Å². The Bertz CT molecular complexity index is 662. The summed E-state index contributed by atoms with van der Waals surface area (Å²) in [6.45, 7) is 9.46. The van der Waals surface area contributed by atoms with Crippen molar-refractivity contribution in [2.45, 2.75) is 84.1 Å². The highest BCUT2D eigenvalue weighted by atomic mass is 15.2. The monoisotopic (exact) mass is 340 g/mol. The van der Waals surface area contributed by atoms with Gasteiger partial charge in [-0.15, -0.1) is 0 Å². The van der Waals surface area contributed by atoms with Gasteiger partial charge in [0, 0.05) is 40.7 Å². The number of aromatic amines is 1. The zero-order valence-electron chi connectivity index (χ0n) is 16.5. The third-order valence-corrected chi connectivity index (χ3v) is 6.16. The molecule has 1 aromatic carbocycles. The quantitative estimate of drug-likeness (QED) is 0.559. The summed E-state index contributed by atoms with van der Waals surface area (Å²) in [6, 6.07) is 8.99. The van der Waals surface area contributed by atoms with Gasteiger partial charge in [0.15, 0.2) is 0 Å². The maximum absolute atomic E-state index is 3.77. The molecule has 25 heavy (non-hydrogen) atoms. The van der Waals surface area contributed by atoms with E-state index in [4.69, 9.17) is 0 Å². The Kier molecular flexibility index (Phi) is 6.22. The van der Waals surface area contributed by atoms with Crippen LogP contribution in [-0.4, -0.2) is 23.0 Å². The highest BCUT2D eigenvalue weighted by Crippen LogP contribution is 2.46. The fourth-order valence-corrected chi connectivity index (χ4v) is 4.84. The number of aromatic nitrogens is 1. The summed E-state index contributed by atoms with van der Waals surface area (Å²) in [5.74, 6) is 0. The topological polar surface area (TPSA) is 19.0 Å². The van der Waals surface area contributed by atoms with Crippen LogP contribution in [0.4, 0.5) is 0 Å². The number of fused-ring (bicyclic) bond motifs is 3. The summed E-state index contributed by atoms with van der Waals surface area (Å²) in [6.07, 6.45) is 11.6. The molecule has 0 fully saturated rings. The Morgan fingerprint density at radius 2 is 1.64 bits per heavy atom. The molecule has 1 aromatic heterocycles. The Morgan fingerprint density at radius 3 is 2.32 bits per heavy atom. The van der Waals surface area contributed by atoms with E-state index in [9.17, 15) is 0 Å². The van der Waals surface area contributed by atoms with Crippen LogP contribution in [0.2, 0.25) is 0 Å². The van der Waals surface area contributed by atoms with Crippen molar-refractivity contribution >= 4 is 10.9 Å². The maximum Gasteiger partial charge on any atom is 0.0484 e. The molecule has 0 saturated carbocycles. The van der Waals surface area contributed by atoms with E-state index < -0.39 is 0 Å². The van der Waals surface area contributed by atoms with Crippen molar-refractivity contribution in [1.82, 2.24) is 9.88 Å². The molecular weight excluding hydrogens is 304 g/mol. The van der Waals surface area contributed by atoms with Gasteiger partial charge in [-0.05, 0) is 31.9 Å². The molecule has 1 aliphatic rings. The molecular formula is C23H36N2. The molecule has 1 aliphatic heterocycles. The highest BCUT2D eigenvalue weighted by molar-refractivity contribution is 5.86. The van der Waals surface area contributed by atoms with Crippen molar-refractivity contribution < 1.29 is 0 Å².